The molecular formula is C20H28FeN2O2. The van der Waals surface area contributed by atoms with Crippen LogP contribution in [0.15, 0.2) is 0 Å². The first-order valence-corrected chi connectivity index (χ1v) is 8.84. The van der Waals surface area contributed by atoms with Gasteiger partial charge in [0.05, 0.1) is 0 Å². The summed E-state index contributed by atoms with van der Waals surface area (Å²) in [5.74, 6) is 1.38. The average Bonchev–Trinajstić information content (AvgIpc) is 3.33. The van der Waals surface area contributed by atoms with E-state index in [1.807, 2.05) is 32.1 Å². The van der Waals surface area contributed by atoms with E-state index in [0.717, 1.165) is 32.4 Å². The van der Waals surface area contributed by atoms with Gasteiger partial charge < -0.3 is 20.8 Å². The van der Waals surface area contributed by atoms with Crippen LogP contribution in [0.3, 0.4) is 0 Å². The SMILES string of the molecule is C[C@@H]1N[C@@H](CCNCCC[C]2[CH][CH][CH][CH]2)[C@H]([O-])[C@@H]1[O-].[CH]1[CH][CH][CH][CH]1.[Fe+2]. The standard InChI is InChI=1S/C15H23N2O2.C5H5.Fe/c1-11-14(18)15(19)13(17-11)8-10-16-9-4-7-12-5-2-3-6-12;1-2-4-5-3-1;/h2-3,5-6,11,13-17H,4,7-10H2,1H3;1-5H;/q-2;;+2/t11-,13-,14+,15-;;/m0../s1. The summed E-state index contributed by atoms with van der Waals surface area (Å²) < 4.78 is 0. The average molecular weight is 384 g/mol. The summed E-state index contributed by atoms with van der Waals surface area (Å²) in [6.07, 6.45) is 19.3. The van der Waals surface area contributed by atoms with Crippen LogP contribution in [-0.4, -0.2) is 37.4 Å². The quantitative estimate of drug-likeness (QED) is 0.479. The molecule has 1 saturated heterocycles. The normalized spacial score (nSPS) is 32.3. The zero-order valence-corrected chi connectivity index (χ0v) is 15.8. The summed E-state index contributed by atoms with van der Waals surface area (Å²) >= 11 is 0. The van der Waals surface area contributed by atoms with Crippen LogP contribution in [0.1, 0.15) is 26.2 Å². The number of hydrogen-bond donors (Lipinski definition) is 2. The third-order valence-electron chi connectivity index (χ3n) is 4.43. The number of hydrogen-bond acceptors (Lipinski definition) is 4. The van der Waals surface area contributed by atoms with Gasteiger partial charge in [-0.2, -0.15) is 0 Å². The predicted molar refractivity (Wildman–Crippen MR) is 92.6 cm³/mol. The van der Waals surface area contributed by atoms with Crippen molar-refractivity contribution in [2.45, 2.75) is 50.5 Å². The zero-order valence-electron chi connectivity index (χ0n) is 14.7. The van der Waals surface area contributed by atoms with Crippen LogP contribution in [0.25, 0.3) is 0 Å². The second kappa shape index (κ2) is 13.5. The Morgan fingerprint density at radius 2 is 1.52 bits per heavy atom. The van der Waals surface area contributed by atoms with E-state index in [-0.39, 0.29) is 29.2 Å². The molecular weight excluding hydrogens is 356 g/mol. The maximum atomic E-state index is 11.7. The Bertz CT molecular complexity index is 315. The maximum Gasteiger partial charge on any atom is 2.00 e. The molecule has 4 nitrogen and oxygen atoms in total. The maximum absolute atomic E-state index is 11.7. The van der Waals surface area contributed by atoms with E-state index in [9.17, 15) is 10.2 Å². The molecule has 4 atom stereocenters. The molecule has 0 spiro atoms. The van der Waals surface area contributed by atoms with Gasteiger partial charge in [0, 0.05) is 0 Å². The summed E-state index contributed by atoms with van der Waals surface area (Å²) in [4.78, 5) is 0. The minimum atomic E-state index is -0.999. The molecule has 2 saturated carbocycles. The molecule has 0 aromatic rings. The van der Waals surface area contributed by atoms with E-state index < -0.39 is 12.2 Å². The molecule has 1 heterocycles. The van der Waals surface area contributed by atoms with Crippen molar-refractivity contribution >= 4 is 0 Å². The fourth-order valence-corrected chi connectivity index (χ4v) is 2.99. The second-order valence-corrected chi connectivity index (χ2v) is 6.39. The van der Waals surface area contributed by atoms with E-state index in [4.69, 9.17) is 0 Å². The molecule has 5 heteroatoms. The minimum absolute atomic E-state index is 0. The smallest absolute Gasteiger partial charge is 0.852 e. The van der Waals surface area contributed by atoms with Crippen molar-refractivity contribution in [3.8, 4) is 0 Å². The van der Waals surface area contributed by atoms with Crippen LogP contribution < -0.4 is 20.8 Å². The van der Waals surface area contributed by atoms with E-state index in [2.05, 4.69) is 36.3 Å². The summed E-state index contributed by atoms with van der Waals surface area (Å²) in [7, 11) is 0. The fraction of sp³-hybridized carbons (Fsp3) is 0.500. The number of rotatable bonds is 7. The first-order chi connectivity index (χ1) is 11.7. The molecule has 0 aromatic carbocycles. The van der Waals surface area contributed by atoms with Crippen LogP contribution >= 0.6 is 0 Å². The van der Waals surface area contributed by atoms with Crippen molar-refractivity contribution in [3.05, 3.63) is 63.7 Å². The molecule has 2 aliphatic carbocycles. The van der Waals surface area contributed by atoms with Gasteiger partial charge in [0.2, 0.25) is 0 Å². The van der Waals surface area contributed by atoms with Crippen molar-refractivity contribution in [2.24, 2.45) is 0 Å². The van der Waals surface area contributed by atoms with E-state index in [1.54, 1.807) is 6.92 Å². The van der Waals surface area contributed by atoms with Crippen molar-refractivity contribution in [3.63, 3.8) is 0 Å². The largest absolute Gasteiger partial charge is 2.00 e. The van der Waals surface area contributed by atoms with Gasteiger partial charge in [-0.15, -0.1) is 12.2 Å². The van der Waals surface area contributed by atoms with Crippen molar-refractivity contribution < 1.29 is 27.3 Å². The zero-order chi connectivity index (χ0) is 17.2. The third kappa shape index (κ3) is 8.73. The molecule has 0 aromatic heterocycles. The minimum Gasteiger partial charge on any atom is -0.852 e. The van der Waals surface area contributed by atoms with Gasteiger partial charge in [-0.1, -0.05) is 6.92 Å². The Hall–Kier alpha value is 0.359. The molecule has 3 rings (SSSR count). The number of nitrogens with one attached hydrogen (secondary N) is 2. The van der Waals surface area contributed by atoms with E-state index in [0.29, 0.717) is 0 Å². The predicted octanol–water partition coefficient (Wildman–Crippen LogP) is -0.0114. The van der Waals surface area contributed by atoms with Gasteiger partial charge in [0.1, 0.15) is 0 Å². The molecule has 10 radical (unpaired) electrons. The van der Waals surface area contributed by atoms with Gasteiger partial charge in [0.15, 0.2) is 0 Å². The van der Waals surface area contributed by atoms with Gasteiger partial charge >= 0.3 is 17.1 Å². The van der Waals surface area contributed by atoms with Crippen molar-refractivity contribution in [1.82, 2.24) is 10.6 Å². The molecule has 0 unspecified atom stereocenters. The molecule has 2 N–H and O–H groups in total. The van der Waals surface area contributed by atoms with Gasteiger partial charge in [-0.3, -0.25) is 0 Å². The first-order valence-electron chi connectivity index (χ1n) is 8.84. The van der Waals surface area contributed by atoms with Gasteiger partial charge in [-0.25, -0.2) is 0 Å². The van der Waals surface area contributed by atoms with Gasteiger partial charge in [-0.05, 0) is 108 Å². The Kier molecular flexibility index (Phi) is 12.7. The summed E-state index contributed by atoms with van der Waals surface area (Å²) in [5, 5.41) is 29.6. The fourth-order valence-electron chi connectivity index (χ4n) is 2.99. The topological polar surface area (TPSA) is 70.2 Å². The summed E-state index contributed by atoms with van der Waals surface area (Å²) in [6, 6.07) is -0.357. The Morgan fingerprint density at radius 3 is 2.04 bits per heavy atom. The molecule has 0 amide bonds. The van der Waals surface area contributed by atoms with Crippen LogP contribution in [0.2, 0.25) is 0 Å². The second-order valence-electron chi connectivity index (χ2n) is 6.39. The molecule has 3 aliphatic rings. The van der Waals surface area contributed by atoms with Crippen LogP contribution in [0, 0.1) is 63.7 Å². The molecule has 3 fully saturated rings. The Labute approximate surface area is 165 Å². The summed E-state index contributed by atoms with van der Waals surface area (Å²) in [6.45, 7) is 3.56. The van der Waals surface area contributed by atoms with Gasteiger partial charge in [0.25, 0.3) is 0 Å². The van der Waals surface area contributed by atoms with E-state index in [1.165, 1.54) is 5.92 Å². The molecule has 0 bridgehead atoms. The Morgan fingerprint density at radius 1 is 0.920 bits per heavy atom. The van der Waals surface area contributed by atoms with Crippen molar-refractivity contribution in [2.75, 3.05) is 13.1 Å². The molecule has 138 valence electrons. The third-order valence-corrected chi connectivity index (χ3v) is 4.43. The van der Waals surface area contributed by atoms with Crippen molar-refractivity contribution in [1.29, 1.82) is 0 Å². The van der Waals surface area contributed by atoms with Crippen LogP contribution in [0.4, 0.5) is 0 Å². The van der Waals surface area contributed by atoms with Crippen LogP contribution in [-0.2, 0) is 17.1 Å². The van der Waals surface area contributed by atoms with Crippen LogP contribution in [0.5, 0.6) is 0 Å². The first kappa shape index (κ1) is 23.4. The monoisotopic (exact) mass is 384 g/mol. The Balaban J connectivity index is 0.000000448. The summed E-state index contributed by atoms with van der Waals surface area (Å²) in [5.41, 5.74) is 0. The molecule has 1 aliphatic heterocycles. The molecule has 25 heavy (non-hydrogen) atoms. The van der Waals surface area contributed by atoms with E-state index >= 15 is 0 Å².